The number of halogens is 1. The Hall–Kier alpha value is -2.76. The van der Waals surface area contributed by atoms with Gasteiger partial charge in [0.1, 0.15) is 9.88 Å². The highest BCUT2D eigenvalue weighted by Gasteiger charge is 2.17. The van der Waals surface area contributed by atoms with Crippen LogP contribution in [0, 0.1) is 6.92 Å². The van der Waals surface area contributed by atoms with Gasteiger partial charge in [-0.3, -0.25) is 9.78 Å². The molecule has 4 nitrogen and oxygen atoms in total. The maximum Gasteiger partial charge on any atom is 0.267 e. The van der Waals surface area contributed by atoms with Crippen LogP contribution in [-0.4, -0.2) is 15.9 Å². The third-order valence-corrected chi connectivity index (χ3v) is 5.43. The third kappa shape index (κ3) is 3.19. The van der Waals surface area contributed by atoms with E-state index >= 15 is 0 Å². The minimum absolute atomic E-state index is 0.182. The predicted octanol–water partition coefficient (Wildman–Crippen LogP) is 5.57. The van der Waals surface area contributed by atoms with Crippen molar-refractivity contribution in [1.29, 1.82) is 0 Å². The maximum atomic E-state index is 12.8. The molecule has 1 N–H and O–H groups in total. The van der Waals surface area contributed by atoms with E-state index in [1.54, 1.807) is 6.20 Å². The molecular weight excluding hydrogens is 366 g/mol. The summed E-state index contributed by atoms with van der Waals surface area (Å²) >= 11 is 7.30. The number of carbonyl (C=O) groups is 1. The van der Waals surface area contributed by atoms with Crippen molar-refractivity contribution in [2.45, 2.75) is 6.92 Å². The van der Waals surface area contributed by atoms with Gasteiger partial charge in [0.2, 0.25) is 0 Å². The minimum atomic E-state index is -0.182. The fraction of sp³-hybridized carbons (Fsp3) is 0.0500. The summed E-state index contributed by atoms with van der Waals surface area (Å²) in [5, 5.41) is 5.41. The summed E-state index contributed by atoms with van der Waals surface area (Å²) in [5.41, 5.74) is 3.09. The summed E-state index contributed by atoms with van der Waals surface area (Å²) in [6, 6.07) is 17.0. The molecule has 0 radical (unpaired) electrons. The van der Waals surface area contributed by atoms with E-state index in [1.165, 1.54) is 11.3 Å². The molecule has 0 aliphatic rings. The van der Waals surface area contributed by atoms with Crippen molar-refractivity contribution >= 4 is 45.4 Å². The van der Waals surface area contributed by atoms with Crippen molar-refractivity contribution in [2.75, 3.05) is 5.32 Å². The zero-order chi connectivity index (χ0) is 18.1. The molecule has 4 aromatic rings. The second-order valence-corrected chi connectivity index (χ2v) is 7.21. The lowest BCUT2D eigenvalue weighted by atomic mass is 10.2. The molecule has 0 aliphatic heterocycles. The fourth-order valence-corrected chi connectivity index (χ4v) is 3.80. The maximum absolute atomic E-state index is 12.8. The summed E-state index contributed by atoms with van der Waals surface area (Å²) in [5.74, 6) is -0.182. The molecule has 2 aromatic heterocycles. The number of carbonyl (C=O) groups excluding carboxylic acids is 1. The molecular formula is C20H14ClN3OS. The standard InChI is InChI=1S/C20H14ClN3OS/c1-12-18(26-20(23-12)14-7-9-15(21)10-8-14)19(25)24-16-6-2-4-13-5-3-11-22-17(13)16/h2-11H,1H3,(H,24,25). The molecule has 2 aromatic carbocycles. The van der Waals surface area contributed by atoms with E-state index in [4.69, 9.17) is 11.6 Å². The molecule has 1 amide bonds. The highest BCUT2D eigenvalue weighted by molar-refractivity contribution is 7.17. The van der Waals surface area contributed by atoms with Crippen LogP contribution in [0.2, 0.25) is 5.02 Å². The molecule has 6 heteroatoms. The van der Waals surface area contributed by atoms with E-state index in [0.29, 0.717) is 21.3 Å². The molecule has 0 unspecified atom stereocenters. The van der Waals surface area contributed by atoms with Crippen LogP contribution in [-0.2, 0) is 0 Å². The highest BCUT2D eigenvalue weighted by atomic mass is 35.5. The Balaban J connectivity index is 1.65. The number of para-hydroxylation sites is 1. The summed E-state index contributed by atoms with van der Waals surface area (Å²) < 4.78 is 0. The molecule has 0 saturated carbocycles. The Kier molecular flexibility index (Phi) is 4.41. The number of nitrogens with one attached hydrogen (secondary N) is 1. The van der Waals surface area contributed by atoms with Crippen molar-refractivity contribution in [3.8, 4) is 10.6 Å². The van der Waals surface area contributed by atoms with Crippen LogP contribution in [0.25, 0.3) is 21.5 Å². The Morgan fingerprint density at radius 3 is 2.65 bits per heavy atom. The van der Waals surface area contributed by atoms with Crippen LogP contribution in [0.5, 0.6) is 0 Å². The smallest absolute Gasteiger partial charge is 0.267 e. The van der Waals surface area contributed by atoms with E-state index in [9.17, 15) is 4.79 Å². The fourth-order valence-electron chi connectivity index (χ4n) is 2.71. The van der Waals surface area contributed by atoms with Gasteiger partial charge < -0.3 is 5.32 Å². The summed E-state index contributed by atoms with van der Waals surface area (Å²) in [6.07, 6.45) is 1.72. The monoisotopic (exact) mass is 379 g/mol. The molecule has 26 heavy (non-hydrogen) atoms. The van der Waals surface area contributed by atoms with Gasteiger partial charge in [0.25, 0.3) is 5.91 Å². The van der Waals surface area contributed by atoms with Crippen LogP contribution >= 0.6 is 22.9 Å². The lowest BCUT2D eigenvalue weighted by Crippen LogP contribution is -2.12. The molecule has 0 atom stereocenters. The van der Waals surface area contributed by atoms with E-state index in [1.807, 2.05) is 61.5 Å². The SMILES string of the molecule is Cc1nc(-c2ccc(Cl)cc2)sc1C(=O)Nc1cccc2cccnc12. The highest BCUT2D eigenvalue weighted by Crippen LogP contribution is 2.30. The van der Waals surface area contributed by atoms with Gasteiger partial charge in [-0.05, 0) is 31.2 Å². The molecule has 0 fully saturated rings. The second-order valence-electron chi connectivity index (χ2n) is 5.78. The normalized spacial score (nSPS) is 10.8. The Labute approximate surface area is 159 Å². The zero-order valence-corrected chi connectivity index (χ0v) is 15.4. The van der Waals surface area contributed by atoms with Gasteiger partial charge in [0.05, 0.1) is 16.9 Å². The number of benzene rings is 2. The van der Waals surface area contributed by atoms with Crippen molar-refractivity contribution in [3.05, 3.63) is 76.4 Å². The number of pyridine rings is 1. The number of aryl methyl sites for hydroxylation is 1. The van der Waals surface area contributed by atoms with Crippen molar-refractivity contribution in [1.82, 2.24) is 9.97 Å². The number of hydrogen-bond donors (Lipinski definition) is 1. The molecule has 128 valence electrons. The number of amides is 1. The van der Waals surface area contributed by atoms with Crippen LogP contribution in [0.1, 0.15) is 15.4 Å². The van der Waals surface area contributed by atoms with E-state index in [2.05, 4.69) is 15.3 Å². The van der Waals surface area contributed by atoms with Crippen molar-refractivity contribution in [3.63, 3.8) is 0 Å². The number of aromatic nitrogens is 2. The van der Waals surface area contributed by atoms with Gasteiger partial charge in [-0.1, -0.05) is 41.9 Å². The quantitative estimate of drug-likeness (QED) is 0.506. The van der Waals surface area contributed by atoms with Gasteiger partial charge in [-0.2, -0.15) is 0 Å². The molecule has 2 heterocycles. The lowest BCUT2D eigenvalue weighted by Gasteiger charge is -2.07. The molecule has 0 bridgehead atoms. The Morgan fingerprint density at radius 2 is 1.85 bits per heavy atom. The Morgan fingerprint density at radius 1 is 1.08 bits per heavy atom. The number of anilines is 1. The number of rotatable bonds is 3. The zero-order valence-electron chi connectivity index (χ0n) is 13.9. The number of nitrogens with zero attached hydrogens (tertiary/aromatic N) is 2. The predicted molar refractivity (Wildman–Crippen MR) is 107 cm³/mol. The third-order valence-electron chi connectivity index (χ3n) is 3.97. The van der Waals surface area contributed by atoms with Gasteiger partial charge in [-0.25, -0.2) is 4.98 Å². The number of hydrogen-bond acceptors (Lipinski definition) is 4. The van der Waals surface area contributed by atoms with Crippen LogP contribution in [0.4, 0.5) is 5.69 Å². The van der Waals surface area contributed by atoms with Crippen LogP contribution in [0.3, 0.4) is 0 Å². The molecule has 4 rings (SSSR count). The topological polar surface area (TPSA) is 54.9 Å². The van der Waals surface area contributed by atoms with Crippen LogP contribution < -0.4 is 5.32 Å². The first-order chi connectivity index (χ1) is 12.6. The number of fused-ring (bicyclic) bond motifs is 1. The lowest BCUT2D eigenvalue weighted by molar-refractivity contribution is 0.103. The molecule has 0 spiro atoms. The van der Waals surface area contributed by atoms with Gasteiger partial charge >= 0.3 is 0 Å². The first kappa shape index (κ1) is 16.7. The number of thiazole rings is 1. The first-order valence-corrected chi connectivity index (χ1v) is 9.20. The van der Waals surface area contributed by atoms with Crippen LogP contribution in [0.15, 0.2) is 60.8 Å². The largest absolute Gasteiger partial charge is 0.319 e. The first-order valence-electron chi connectivity index (χ1n) is 8.00. The van der Waals surface area contributed by atoms with Gasteiger partial charge in [0, 0.05) is 22.2 Å². The van der Waals surface area contributed by atoms with E-state index < -0.39 is 0 Å². The minimum Gasteiger partial charge on any atom is -0.319 e. The average Bonchev–Trinajstić information content (AvgIpc) is 3.04. The summed E-state index contributed by atoms with van der Waals surface area (Å²) in [7, 11) is 0. The van der Waals surface area contributed by atoms with Crippen molar-refractivity contribution in [2.24, 2.45) is 0 Å². The van der Waals surface area contributed by atoms with Gasteiger partial charge in [0.15, 0.2) is 0 Å². The molecule has 0 saturated heterocycles. The second kappa shape index (κ2) is 6.86. The average molecular weight is 380 g/mol. The van der Waals surface area contributed by atoms with Crippen molar-refractivity contribution < 1.29 is 4.79 Å². The summed E-state index contributed by atoms with van der Waals surface area (Å²) in [4.78, 5) is 22.3. The van der Waals surface area contributed by atoms with E-state index in [0.717, 1.165) is 21.5 Å². The summed E-state index contributed by atoms with van der Waals surface area (Å²) in [6.45, 7) is 1.84. The van der Waals surface area contributed by atoms with Gasteiger partial charge in [-0.15, -0.1) is 11.3 Å². The van der Waals surface area contributed by atoms with E-state index in [-0.39, 0.29) is 5.91 Å². The molecule has 0 aliphatic carbocycles. The Bertz CT molecular complexity index is 1100.